The van der Waals surface area contributed by atoms with Crippen molar-refractivity contribution in [1.82, 2.24) is 19.9 Å². The molecule has 0 saturated heterocycles. The van der Waals surface area contributed by atoms with Gasteiger partial charge in [-0.15, -0.1) is 0 Å². The van der Waals surface area contributed by atoms with Gasteiger partial charge in [0.25, 0.3) is 0 Å². The first kappa shape index (κ1) is 12.6. The van der Waals surface area contributed by atoms with E-state index in [-0.39, 0.29) is 16.0 Å². The number of nitrogens with zero attached hydrogens (tertiary/aromatic N) is 4. The van der Waals surface area contributed by atoms with Crippen LogP contribution >= 0.6 is 11.8 Å². The number of nitrogens with two attached hydrogens (primary N) is 1. The Hall–Kier alpha value is -1.90. The van der Waals surface area contributed by atoms with Gasteiger partial charge in [0.2, 0.25) is 5.82 Å². The van der Waals surface area contributed by atoms with E-state index in [0.29, 0.717) is 0 Å². The van der Waals surface area contributed by atoms with E-state index in [0.717, 1.165) is 11.8 Å². The van der Waals surface area contributed by atoms with Crippen molar-refractivity contribution in [3.8, 4) is 0 Å². The van der Waals surface area contributed by atoms with Crippen LogP contribution in [0.25, 0.3) is 0 Å². The zero-order chi connectivity index (χ0) is 13.2. The minimum Gasteiger partial charge on any atom is -0.384 e. The van der Waals surface area contributed by atoms with E-state index in [1.807, 2.05) is 0 Å². The third kappa shape index (κ3) is 3.06. The Labute approximate surface area is 104 Å². The van der Waals surface area contributed by atoms with E-state index in [1.54, 1.807) is 6.07 Å². The molecule has 0 amide bonds. The van der Waals surface area contributed by atoms with Gasteiger partial charge in [0.05, 0.1) is 0 Å². The first-order valence-corrected chi connectivity index (χ1v) is 5.43. The van der Waals surface area contributed by atoms with Crippen molar-refractivity contribution in [2.75, 3.05) is 5.73 Å². The molecule has 0 bridgehead atoms. The first-order chi connectivity index (χ1) is 8.45. The van der Waals surface area contributed by atoms with Gasteiger partial charge >= 0.3 is 6.18 Å². The molecule has 2 aromatic rings. The maximum absolute atomic E-state index is 12.5. The van der Waals surface area contributed by atoms with Gasteiger partial charge in [-0.2, -0.15) is 13.2 Å². The maximum atomic E-state index is 12.5. The van der Waals surface area contributed by atoms with Crippen LogP contribution in [0.1, 0.15) is 5.82 Å². The number of hydrogen-bond acceptors (Lipinski definition) is 6. The highest BCUT2D eigenvalue weighted by Gasteiger charge is 2.35. The number of alkyl halides is 3. The average molecular weight is 273 g/mol. The van der Waals surface area contributed by atoms with Crippen molar-refractivity contribution >= 4 is 17.6 Å². The van der Waals surface area contributed by atoms with Crippen molar-refractivity contribution < 1.29 is 13.2 Å². The van der Waals surface area contributed by atoms with Crippen LogP contribution in [0.2, 0.25) is 0 Å². The molecule has 0 fully saturated rings. The monoisotopic (exact) mass is 273 g/mol. The SMILES string of the molecule is Nc1cc(Sc2ncccn2)nc(C(F)(F)F)n1. The van der Waals surface area contributed by atoms with E-state index in [2.05, 4.69) is 19.9 Å². The Morgan fingerprint density at radius 3 is 2.39 bits per heavy atom. The normalized spacial score (nSPS) is 11.5. The average Bonchev–Trinajstić information content (AvgIpc) is 2.28. The third-order valence-electron chi connectivity index (χ3n) is 1.71. The van der Waals surface area contributed by atoms with Crippen molar-refractivity contribution in [2.24, 2.45) is 0 Å². The predicted molar refractivity (Wildman–Crippen MR) is 57.6 cm³/mol. The van der Waals surface area contributed by atoms with Crippen LogP contribution in [0.4, 0.5) is 19.0 Å². The lowest BCUT2D eigenvalue weighted by Crippen LogP contribution is -2.12. The molecule has 0 aliphatic carbocycles. The van der Waals surface area contributed by atoms with E-state index >= 15 is 0 Å². The lowest BCUT2D eigenvalue weighted by atomic mass is 10.5. The van der Waals surface area contributed by atoms with Crippen molar-refractivity contribution in [2.45, 2.75) is 16.4 Å². The summed E-state index contributed by atoms with van der Waals surface area (Å²) in [6, 6.07) is 2.83. The van der Waals surface area contributed by atoms with Crippen LogP contribution in [0.3, 0.4) is 0 Å². The quantitative estimate of drug-likeness (QED) is 0.666. The molecule has 9 heteroatoms. The molecule has 0 atom stereocenters. The van der Waals surface area contributed by atoms with Gasteiger partial charge in [-0.1, -0.05) is 0 Å². The zero-order valence-electron chi connectivity index (χ0n) is 8.72. The Balaban J connectivity index is 2.32. The summed E-state index contributed by atoms with van der Waals surface area (Å²) in [5, 5.41) is 0.324. The molecule has 0 aliphatic rings. The predicted octanol–water partition coefficient (Wildman–Crippen LogP) is 2.02. The van der Waals surface area contributed by atoms with Crippen LogP contribution in [0.15, 0.2) is 34.7 Å². The van der Waals surface area contributed by atoms with Crippen LogP contribution < -0.4 is 5.73 Å². The van der Waals surface area contributed by atoms with Crippen molar-refractivity contribution in [1.29, 1.82) is 0 Å². The second kappa shape index (κ2) is 4.77. The second-order valence-corrected chi connectivity index (χ2v) is 4.07. The molecule has 0 radical (unpaired) electrons. The van der Waals surface area contributed by atoms with Crippen LogP contribution in [0, 0.1) is 0 Å². The molecular formula is C9H6F3N5S. The van der Waals surface area contributed by atoms with Gasteiger partial charge in [-0.3, -0.25) is 0 Å². The van der Waals surface area contributed by atoms with Crippen molar-refractivity contribution in [3.05, 3.63) is 30.4 Å². The Kier molecular flexibility index (Phi) is 3.32. The third-order valence-corrected chi connectivity index (χ3v) is 2.53. The fourth-order valence-electron chi connectivity index (χ4n) is 1.05. The molecule has 2 aromatic heterocycles. The number of rotatable bonds is 2. The number of nitrogen functional groups attached to an aromatic ring is 1. The highest BCUT2D eigenvalue weighted by Crippen LogP contribution is 2.30. The van der Waals surface area contributed by atoms with Crippen LogP contribution in [-0.2, 0) is 6.18 Å². The number of halogens is 3. The second-order valence-electron chi connectivity index (χ2n) is 3.09. The summed E-state index contributed by atoms with van der Waals surface area (Å²) in [6.45, 7) is 0. The molecule has 2 rings (SSSR count). The van der Waals surface area contributed by atoms with Crippen LogP contribution in [-0.4, -0.2) is 19.9 Å². The maximum Gasteiger partial charge on any atom is 0.451 e. The summed E-state index contributed by atoms with van der Waals surface area (Å²) < 4.78 is 37.4. The van der Waals surface area contributed by atoms with E-state index in [9.17, 15) is 13.2 Å². The highest BCUT2D eigenvalue weighted by molar-refractivity contribution is 7.99. The molecule has 0 aliphatic heterocycles. The van der Waals surface area contributed by atoms with E-state index in [1.165, 1.54) is 18.5 Å². The molecule has 0 aromatic carbocycles. The highest BCUT2D eigenvalue weighted by atomic mass is 32.2. The van der Waals surface area contributed by atoms with Gasteiger partial charge < -0.3 is 5.73 Å². The van der Waals surface area contributed by atoms with E-state index in [4.69, 9.17) is 5.73 Å². The molecule has 0 unspecified atom stereocenters. The van der Waals surface area contributed by atoms with Gasteiger partial charge in [0, 0.05) is 18.5 Å². The molecule has 18 heavy (non-hydrogen) atoms. The minimum absolute atomic E-state index is 0.0426. The van der Waals surface area contributed by atoms with Crippen LogP contribution in [0.5, 0.6) is 0 Å². The lowest BCUT2D eigenvalue weighted by molar-refractivity contribution is -0.145. The fraction of sp³-hybridized carbons (Fsp3) is 0.111. The minimum atomic E-state index is -4.64. The topological polar surface area (TPSA) is 77.6 Å². The van der Waals surface area contributed by atoms with Gasteiger partial charge in [-0.05, 0) is 17.8 Å². The standard InChI is InChI=1S/C9H6F3N5S/c10-9(11,12)7-16-5(13)4-6(17-7)18-8-14-2-1-3-15-8/h1-4H,(H2,13,16,17). The Bertz CT molecular complexity index is 546. The smallest absolute Gasteiger partial charge is 0.384 e. The van der Waals surface area contributed by atoms with Crippen molar-refractivity contribution in [3.63, 3.8) is 0 Å². The molecule has 2 heterocycles. The molecular weight excluding hydrogens is 267 g/mol. The number of anilines is 1. The fourth-order valence-corrected chi connectivity index (χ4v) is 1.78. The molecule has 2 N–H and O–H groups in total. The lowest BCUT2D eigenvalue weighted by Gasteiger charge is -2.07. The number of aromatic nitrogens is 4. The molecule has 5 nitrogen and oxygen atoms in total. The largest absolute Gasteiger partial charge is 0.451 e. The molecule has 0 spiro atoms. The van der Waals surface area contributed by atoms with Gasteiger partial charge in [0.1, 0.15) is 10.8 Å². The molecule has 94 valence electrons. The summed E-state index contributed by atoms with van der Waals surface area (Å²) in [4.78, 5) is 14.2. The van der Waals surface area contributed by atoms with E-state index < -0.39 is 12.0 Å². The summed E-state index contributed by atoms with van der Waals surface area (Å²) in [5.41, 5.74) is 5.30. The van der Waals surface area contributed by atoms with Gasteiger partial charge in [0.15, 0.2) is 5.16 Å². The number of hydrogen-bond donors (Lipinski definition) is 1. The summed E-state index contributed by atoms with van der Waals surface area (Å²) in [7, 11) is 0. The zero-order valence-corrected chi connectivity index (χ0v) is 9.53. The van der Waals surface area contributed by atoms with Gasteiger partial charge in [-0.25, -0.2) is 19.9 Å². The summed E-state index contributed by atoms with van der Waals surface area (Å²) >= 11 is 0.879. The first-order valence-electron chi connectivity index (χ1n) is 4.62. The summed E-state index contributed by atoms with van der Waals surface area (Å²) in [6.07, 6.45) is -1.68. The summed E-state index contributed by atoms with van der Waals surface area (Å²) in [5.74, 6) is -1.53. The Morgan fingerprint density at radius 2 is 1.78 bits per heavy atom. The molecule has 0 saturated carbocycles. The Morgan fingerprint density at radius 1 is 1.11 bits per heavy atom.